The van der Waals surface area contributed by atoms with Crippen LogP contribution in [0.3, 0.4) is 0 Å². The van der Waals surface area contributed by atoms with Gasteiger partial charge in [-0.3, -0.25) is 9.78 Å². The minimum Gasteiger partial charge on any atom is -0.366 e. The molecule has 2 heterocycles. The Labute approximate surface area is 107 Å². The molecule has 2 N–H and O–H groups in total. The third-order valence-corrected chi connectivity index (χ3v) is 3.49. The van der Waals surface area contributed by atoms with E-state index in [4.69, 9.17) is 5.73 Å². The number of fused-ring (bicyclic) bond motifs is 1. The molecule has 2 aromatic heterocycles. The molecule has 0 saturated carbocycles. The number of nitrogens with two attached hydrogens (primary N) is 1. The second-order valence-corrected chi connectivity index (χ2v) is 4.75. The Hall–Kier alpha value is -2.27. The normalized spacial score (nSPS) is 10.7. The number of primary amides is 1. The fraction of sp³-hybridized carbons (Fsp3) is 0. The summed E-state index contributed by atoms with van der Waals surface area (Å²) in [6, 6.07) is 9.06. The van der Waals surface area contributed by atoms with Crippen LogP contribution >= 0.6 is 11.3 Å². The van der Waals surface area contributed by atoms with Crippen LogP contribution in [0.15, 0.2) is 41.9 Å². The molecule has 0 fully saturated rings. The van der Waals surface area contributed by atoms with Crippen LogP contribution in [0.2, 0.25) is 0 Å². The molecule has 1 aromatic carbocycles. The highest BCUT2D eigenvalue weighted by atomic mass is 32.1. The van der Waals surface area contributed by atoms with Gasteiger partial charge in [0.1, 0.15) is 0 Å². The van der Waals surface area contributed by atoms with Gasteiger partial charge in [-0.25, -0.2) is 4.98 Å². The maximum absolute atomic E-state index is 11.1. The van der Waals surface area contributed by atoms with Crippen molar-refractivity contribution in [3.63, 3.8) is 0 Å². The molecule has 0 aliphatic rings. The monoisotopic (exact) mass is 255 g/mol. The zero-order chi connectivity index (χ0) is 12.5. The molecule has 0 saturated heterocycles. The molecule has 88 valence electrons. The van der Waals surface area contributed by atoms with Gasteiger partial charge in [0.25, 0.3) is 0 Å². The number of carbonyl (C=O) groups excluding carboxylic acids is 1. The van der Waals surface area contributed by atoms with Gasteiger partial charge >= 0.3 is 0 Å². The predicted molar refractivity (Wildman–Crippen MR) is 71.4 cm³/mol. The first kappa shape index (κ1) is 10.9. The Morgan fingerprint density at radius 1 is 1.22 bits per heavy atom. The van der Waals surface area contributed by atoms with E-state index in [0.717, 1.165) is 16.1 Å². The zero-order valence-corrected chi connectivity index (χ0v) is 10.1. The third-order valence-electron chi connectivity index (χ3n) is 2.60. The number of carbonyl (C=O) groups is 1. The van der Waals surface area contributed by atoms with E-state index >= 15 is 0 Å². The molecular weight excluding hydrogens is 246 g/mol. The summed E-state index contributed by atoms with van der Waals surface area (Å²) in [5.74, 6) is -0.457. The summed E-state index contributed by atoms with van der Waals surface area (Å²) in [6.07, 6.45) is 1.71. The predicted octanol–water partition coefficient (Wildman–Crippen LogP) is 2.46. The van der Waals surface area contributed by atoms with Crippen LogP contribution in [-0.4, -0.2) is 15.9 Å². The fourth-order valence-corrected chi connectivity index (χ4v) is 2.39. The Morgan fingerprint density at radius 2 is 2.11 bits per heavy atom. The summed E-state index contributed by atoms with van der Waals surface area (Å²) in [6.45, 7) is 0. The van der Waals surface area contributed by atoms with Gasteiger partial charge in [-0.15, -0.1) is 11.3 Å². The number of aromatic nitrogens is 2. The summed E-state index contributed by atoms with van der Waals surface area (Å²) in [5, 5.41) is 2.00. The van der Waals surface area contributed by atoms with Gasteiger partial charge in [-0.2, -0.15) is 0 Å². The van der Waals surface area contributed by atoms with Crippen LogP contribution in [0.25, 0.3) is 21.6 Å². The molecule has 3 aromatic rings. The van der Waals surface area contributed by atoms with E-state index in [-0.39, 0.29) is 0 Å². The van der Waals surface area contributed by atoms with Gasteiger partial charge in [0.15, 0.2) is 0 Å². The number of rotatable bonds is 2. The van der Waals surface area contributed by atoms with Gasteiger partial charge in [-0.05, 0) is 29.6 Å². The van der Waals surface area contributed by atoms with Crippen LogP contribution < -0.4 is 5.73 Å². The molecular formula is C13H9N3OS. The van der Waals surface area contributed by atoms with Crippen molar-refractivity contribution >= 4 is 28.3 Å². The highest BCUT2D eigenvalue weighted by Crippen LogP contribution is 2.23. The summed E-state index contributed by atoms with van der Waals surface area (Å²) >= 11 is 1.62. The molecule has 5 heteroatoms. The van der Waals surface area contributed by atoms with Crippen molar-refractivity contribution < 1.29 is 4.79 Å². The van der Waals surface area contributed by atoms with Crippen molar-refractivity contribution in [2.24, 2.45) is 5.73 Å². The summed E-state index contributed by atoms with van der Waals surface area (Å²) < 4.78 is 0. The number of thiophene rings is 1. The minimum absolute atomic E-state index is 0.445. The second kappa shape index (κ2) is 4.19. The average Bonchev–Trinajstić information content (AvgIpc) is 2.91. The maximum Gasteiger partial charge on any atom is 0.248 e. The Balaban J connectivity index is 2.14. The molecule has 0 bridgehead atoms. The quantitative estimate of drug-likeness (QED) is 0.764. The van der Waals surface area contributed by atoms with Crippen molar-refractivity contribution in [3.8, 4) is 10.6 Å². The van der Waals surface area contributed by atoms with Gasteiger partial charge < -0.3 is 5.73 Å². The Morgan fingerprint density at radius 3 is 2.83 bits per heavy atom. The lowest BCUT2D eigenvalue weighted by Gasteiger charge is -2.01. The van der Waals surface area contributed by atoms with Crippen molar-refractivity contribution in [1.29, 1.82) is 0 Å². The van der Waals surface area contributed by atoms with Crippen LogP contribution in [0, 0.1) is 0 Å². The van der Waals surface area contributed by atoms with Crippen molar-refractivity contribution in [3.05, 3.63) is 47.5 Å². The van der Waals surface area contributed by atoms with Gasteiger partial charge in [0.2, 0.25) is 5.91 Å². The molecule has 0 unspecified atom stereocenters. The van der Waals surface area contributed by atoms with Crippen LogP contribution in [0.5, 0.6) is 0 Å². The maximum atomic E-state index is 11.1. The zero-order valence-electron chi connectivity index (χ0n) is 9.33. The molecule has 0 aliphatic heterocycles. The number of amides is 1. The first-order valence-corrected chi connectivity index (χ1v) is 6.22. The lowest BCUT2D eigenvalue weighted by Crippen LogP contribution is -2.10. The van der Waals surface area contributed by atoms with Crippen LogP contribution in [-0.2, 0) is 0 Å². The summed E-state index contributed by atoms with van der Waals surface area (Å²) in [5.41, 5.74) is 7.94. The van der Waals surface area contributed by atoms with Gasteiger partial charge in [-0.1, -0.05) is 6.07 Å². The average molecular weight is 255 g/mol. The number of nitrogens with zero attached hydrogens (tertiary/aromatic N) is 2. The van der Waals surface area contributed by atoms with E-state index in [0.29, 0.717) is 11.1 Å². The number of hydrogen-bond acceptors (Lipinski definition) is 4. The first-order valence-electron chi connectivity index (χ1n) is 5.34. The van der Waals surface area contributed by atoms with E-state index in [2.05, 4.69) is 9.97 Å². The molecule has 1 amide bonds. The van der Waals surface area contributed by atoms with E-state index in [9.17, 15) is 4.79 Å². The highest BCUT2D eigenvalue weighted by molar-refractivity contribution is 7.13. The lowest BCUT2D eigenvalue weighted by atomic mass is 10.2. The van der Waals surface area contributed by atoms with E-state index < -0.39 is 5.91 Å². The largest absolute Gasteiger partial charge is 0.366 e. The van der Waals surface area contributed by atoms with Crippen molar-refractivity contribution in [1.82, 2.24) is 9.97 Å². The molecule has 18 heavy (non-hydrogen) atoms. The summed E-state index contributed by atoms with van der Waals surface area (Å²) in [4.78, 5) is 21.0. The fourth-order valence-electron chi connectivity index (χ4n) is 1.71. The van der Waals surface area contributed by atoms with Gasteiger partial charge in [0, 0.05) is 5.56 Å². The molecule has 3 rings (SSSR count). The van der Waals surface area contributed by atoms with E-state index in [1.165, 1.54) is 0 Å². The molecule has 4 nitrogen and oxygen atoms in total. The SMILES string of the molecule is NC(=O)c1ccc2nc(-c3cccs3)cnc2c1. The summed E-state index contributed by atoms with van der Waals surface area (Å²) in [7, 11) is 0. The standard InChI is InChI=1S/C13H9N3OS/c14-13(17)8-3-4-9-10(6-8)15-7-11(16-9)12-2-1-5-18-12/h1-7H,(H2,14,17). The topological polar surface area (TPSA) is 68.9 Å². The number of hydrogen-bond donors (Lipinski definition) is 1. The van der Waals surface area contributed by atoms with Gasteiger partial charge in [0.05, 0.1) is 27.8 Å². The second-order valence-electron chi connectivity index (χ2n) is 3.80. The molecule has 0 spiro atoms. The van der Waals surface area contributed by atoms with E-state index in [1.54, 1.807) is 35.7 Å². The van der Waals surface area contributed by atoms with Crippen LogP contribution in [0.4, 0.5) is 0 Å². The highest BCUT2D eigenvalue weighted by Gasteiger charge is 2.06. The smallest absolute Gasteiger partial charge is 0.248 e. The first-order chi connectivity index (χ1) is 8.74. The number of benzene rings is 1. The lowest BCUT2D eigenvalue weighted by molar-refractivity contribution is 0.100. The molecule has 0 atom stereocenters. The minimum atomic E-state index is -0.457. The van der Waals surface area contributed by atoms with Crippen molar-refractivity contribution in [2.75, 3.05) is 0 Å². The molecule has 0 radical (unpaired) electrons. The Kier molecular flexibility index (Phi) is 2.53. The Bertz CT molecular complexity index is 722. The molecule has 0 aliphatic carbocycles. The van der Waals surface area contributed by atoms with Crippen LogP contribution in [0.1, 0.15) is 10.4 Å². The van der Waals surface area contributed by atoms with E-state index in [1.807, 2.05) is 17.5 Å². The van der Waals surface area contributed by atoms with Crippen molar-refractivity contribution in [2.45, 2.75) is 0 Å². The third kappa shape index (κ3) is 1.84.